The minimum absolute atomic E-state index is 0.0174. The quantitative estimate of drug-likeness (QED) is 0.706. The fourth-order valence-corrected chi connectivity index (χ4v) is 1.54. The molecule has 0 saturated heterocycles. The van der Waals surface area contributed by atoms with Crippen molar-refractivity contribution in [1.29, 1.82) is 0 Å². The van der Waals surface area contributed by atoms with Crippen molar-refractivity contribution in [1.82, 2.24) is 5.32 Å². The Labute approximate surface area is 78.3 Å². The van der Waals surface area contributed by atoms with Gasteiger partial charge < -0.3 is 10.6 Å². The summed E-state index contributed by atoms with van der Waals surface area (Å²) in [6, 6.07) is 5.54. The molecule has 1 aromatic carbocycles. The predicted octanol–water partition coefficient (Wildman–Crippen LogP) is 1.56. The van der Waals surface area contributed by atoms with E-state index in [-0.39, 0.29) is 5.91 Å². The average Bonchev–Trinajstić information content (AvgIpc) is 2.04. The Hall–Kier alpha value is -1.03. The molecule has 0 radical (unpaired) electrons. The second-order valence-electron chi connectivity index (χ2n) is 2.55. The zero-order valence-corrected chi connectivity index (χ0v) is 7.81. The number of carbonyl (C=O) groups is 1. The molecule has 0 atom stereocenters. The maximum atomic E-state index is 11.2. The van der Waals surface area contributed by atoms with Crippen molar-refractivity contribution in [2.75, 3.05) is 12.0 Å². The Morgan fingerprint density at radius 1 is 1.33 bits per heavy atom. The van der Waals surface area contributed by atoms with Crippen molar-refractivity contribution in [3.05, 3.63) is 28.2 Å². The minimum Gasteiger partial charge on any atom is -0.367 e. The molecule has 1 aliphatic heterocycles. The first kappa shape index (κ1) is 7.61. The zero-order chi connectivity index (χ0) is 8.55. The highest BCUT2D eigenvalue weighted by Gasteiger charge is 2.14. The van der Waals surface area contributed by atoms with E-state index in [1.807, 2.05) is 12.1 Å². The van der Waals surface area contributed by atoms with Crippen LogP contribution in [0.4, 0.5) is 5.69 Å². The van der Waals surface area contributed by atoms with Crippen molar-refractivity contribution in [3.8, 4) is 0 Å². The maximum Gasteiger partial charge on any atom is 0.254 e. The van der Waals surface area contributed by atoms with E-state index in [9.17, 15) is 4.79 Å². The third kappa shape index (κ3) is 1.18. The molecule has 0 bridgehead atoms. The monoisotopic (exact) mass is 226 g/mol. The van der Waals surface area contributed by atoms with Gasteiger partial charge in [-0.15, -0.1) is 0 Å². The van der Waals surface area contributed by atoms with Gasteiger partial charge in [-0.3, -0.25) is 4.79 Å². The standard InChI is InChI=1S/C8H7BrN2O/c9-5-1-2-6-7(3-5)10-4-11-8(6)12/h1-3,10H,4H2,(H,11,12). The third-order valence-corrected chi connectivity index (χ3v) is 2.25. The summed E-state index contributed by atoms with van der Waals surface area (Å²) in [5.41, 5.74) is 1.58. The normalized spacial score (nSPS) is 14.6. The largest absolute Gasteiger partial charge is 0.367 e. The van der Waals surface area contributed by atoms with Gasteiger partial charge in [0.05, 0.1) is 12.2 Å². The summed E-state index contributed by atoms with van der Waals surface area (Å²) in [7, 11) is 0. The Kier molecular flexibility index (Phi) is 1.77. The lowest BCUT2D eigenvalue weighted by Gasteiger charge is -2.18. The molecule has 0 saturated carbocycles. The van der Waals surface area contributed by atoms with Gasteiger partial charge >= 0.3 is 0 Å². The molecular formula is C8H7BrN2O. The van der Waals surface area contributed by atoms with Crippen LogP contribution in [0.25, 0.3) is 0 Å². The van der Waals surface area contributed by atoms with Crippen LogP contribution in [0.5, 0.6) is 0 Å². The first-order valence-electron chi connectivity index (χ1n) is 3.59. The SMILES string of the molecule is O=C1NCNc2cc(Br)ccc21. The molecule has 0 unspecified atom stereocenters. The van der Waals surface area contributed by atoms with Crippen LogP contribution in [0, 0.1) is 0 Å². The van der Waals surface area contributed by atoms with E-state index in [2.05, 4.69) is 26.6 Å². The molecule has 0 fully saturated rings. The van der Waals surface area contributed by atoms with Gasteiger partial charge in [0, 0.05) is 10.2 Å². The van der Waals surface area contributed by atoms with Crippen molar-refractivity contribution in [2.45, 2.75) is 0 Å². The summed E-state index contributed by atoms with van der Waals surface area (Å²) in [6.07, 6.45) is 0. The molecule has 4 heteroatoms. The van der Waals surface area contributed by atoms with Crippen LogP contribution in [0.1, 0.15) is 10.4 Å². The lowest BCUT2D eigenvalue weighted by atomic mass is 10.1. The molecule has 1 aromatic rings. The second-order valence-corrected chi connectivity index (χ2v) is 3.47. The summed E-state index contributed by atoms with van der Waals surface area (Å²) < 4.78 is 0.975. The first-order valence-corrected chi connectivity index (χ1v) is 4.38. The fourth-order valence-electron chi connectivity index (χ4n) is 1.18. The second kappa shape index (κ2) is 2.79. The van der Waals surface area contributed by atoms with Crippen molar-refractivity contribution < 1.29 is 4.79 Å². The topological polar surface area (TPSA) is 41.1 Å². The third-order valence-electron chi connectivity index (χ3n) is 1.75. The van der Waals surface area contributed by atoms with Crippen LogP contribution in [-0.4, -0.2) is 12.6 Å². The summed E-state index contributed by atoms with van der Waals surface area (Å²) >= 11 is 3.34. The highest BCUT2D eigenvalue weighted by Crippen LogP contribution is 2.22. The van der Waals surface area contributed by atoms with Crippen LogP contribution in [-0.2, 0) is 0 Å². The number of amides is 1. The van der Waals surface area contributed by atoms with Gasteiger partial charge in [-0.2, -0.15) is 0 Å². The number of hydrogen-bond donors (Lipinski definition) is 2. The number of anilines is 1. The summed E-state index contributed by atoms with van der Waals surface area (Å²) in [5.74, 6) is -0.0174. The molecule has 0 aliphatic carbocycles. The summed E-state index contributed by atoms with van der Waals surface area (Å²) in [6.45, 7) is 0.502. The predicted molar refractivity (Wildman–Crippen MR) is 50.1 cm³/mol. The molecule has 1 heterocycles. The lowest BCUT2D eigenvalue weighted by Crippen LogP contribution is -2.34. The molecule has 2 N–H and O–H groups in total. The smallest absolute Gasteiger partial charge is 0.254 e. The van der Waals surface area contributed by atoms with Crippen LogP contribution in [0.2, 0.25) is 0 Å². The number of hydrogen-bond acceptors (Lipinski definition) is 2. The minimum atomic E-state index is -0.0174. The number of fused-ring (bicyclic) bond motifs is 1. The van der Waals surface area contributed by atoms with E-state index in [1.54, 1.807) is 6.07 Å². The molecular weight excluding hydrogens is 220 g/mol. The number of nitrogens with one attached hydrogen (secondary N) is 2. The number of halogens is 1. The van der Waals surface area contributed by atoms with E-state index >= 15 is 0 Å². The lowest BCUT2D eigenvalue weighted by molar-refractivity contribution is 0.0953. The molecule has 2 rings (SSSR count). The first-order chi connectivity index (χ1) is 5.77. The van der Waals surface area contributed by atoms with Gasteiger partial charge in [0.1, 0.15) is 0 Å². The van der Waals surface area contributed by atoms with Crippen molar-refractivity contribution in [2.24, 2.45) is 0 Å². The van der Waals surface area contributed by atoms with E-state index < -0.39 is 0 Å². The van der Waals surface area contributed by atoms with Crippen LogP contribution in [0.3, 0.4) is 0 Å². The van der Waals surface area contributed by atoms with E-state index in [1.165, 1.54) is 0 Å². The van der Waals surface area contributed by atoms with Crippen LogP contribution < -0.4 is 10.6 Å². The van der Waals surface area contributed by atoms with E-state index in [0.29, 0.717) is 12.2 Å². The van der Waals surface area contributed by atoms with Crippen molar-refractivity contribution in [3.63, 3.8) is 0 Å². The molecule has 1 aliphatic rings. The summed E-state index contributed by atoms with van der Waals surface area (Å²) in [5, 5.41) is 5.76. The molecule has 0 aromatic heterocycles. The fraction of sp³-hybridized carbons (Fsp3) is 0.125. The van der Waals surface area contributed by atoms with E-state index in [4.69, 9.17) is 0 Å². The zero-order valence-electron chi connectivity index (χ0n) is 6.23. The van der Waals surface area contributed by atoms with Gasteiger partial charge in [0.15, 0.2) is 0 Å². The van der Waals surface area contributed by atoms with Crippen LogP contribution in [0.15, 0.2) is 22.7 Å². The molecule has 62 valence electrons. The Balaban J connectivity index is 2.53. The number of benzene rings is 1. The van der Waals surface area contributed by atoms with Gasteiger partial charge in [0.2, 0.25) is 0 Å². The summed E-state index contributed by atoms with van der Waals surface area (Å²) in [4.78, 5) is 11.2. The van der Waals surface area contributed by atoms with Gasteiger partial charge in [-0.05, 0) is 18.2 Å². The number of rotatable bonds is 0. The Bertz CT molecular complexity index is 338. The highest BCUT2D eigenvalue weighted by atomic mass is 79.9. The Morgan fingerprint density at radius 2 is 2.17 bits per heavy atom. The average molecular weight is 227 g/mol. The van der Waals surface area contributed by atoms with Crippen molar-refractivity contribution >= 4 is 27.5 Å². The van der Waals surface area contributed by atoms with Crippen LogP contribution >= 0.6 is 15.9 Å². The maximum absolute atomic E-state index is 11.2. The Morgan fingerprint density at radius 3 is 3.00 bits per heavy atom. The van der Waals surface area contributed by atoms with Gasteiger partial charge in [-0.25, -0.2) is 0 Å². The molecule has 3 nitrogen and oxygen atoms in total. The van der Waals surface area contributed by atoms with Gasteiger partial charge in [0.25, 0.3) is 5.91 Å². The highest BCUT2D eigenvalue weighted by molar-refractivity contribution is 9.10. The van der Waals surface area contributed by atoms with E-state index in [0.717, 1.165) is 10.2 Å². The number of carbonyl (C=O) groups excluding carboxylic acids is 1. The molecule has 1 amide bonds. The molecule has 12 heavy (non-hydrogen) atoms. The van der Waals surface area contributed by atoms with Gasteiger partial charge in [-0.1, -0.05) is 15.9 Å². The molecule has 0 spiro atoms.